The second-order valence-corrected chi connectivity index (χ2v) is 8.29. The molecule has 0 aliphatic carbocycles. The number of fused-ring (bicyclic) bond motifs is 1. The summed E-state index contributed by atoms with van der Waals surface area (Å²) in [5, 5.41) is 21.1. The van der Waals surface area contributed by atoms with E-state index in [0.29, 0.717) is 26.3 Å². The first-order valence-electron chi connectivity index (χ1n) is 11.2. The summed E-state index contributed by atoms with van der Waals surface area (Å²) in [6.45, 7) is 2.96. The summed E-state index contributed by atoms with van der Waals surface area (Å²) in [7, 11) is 0. The first-order valence-corrected chi connectivity index (χ1v) is 11.6. The van der Waals surface area contributed by atoms with E-state index in [-0.39, 0.29) is 5.02 Å². The number of ether oxygens (including phenoxy) is 2. The summed E-state index contributed by atoms with van der Waals surface area (Å²) in [6, 6.07) is 8.12. The second-order valence-electron chi connectivity index (χ2n) is 7.88. The predicted octanol–water partition coefficient (Wildman–Crippen LogP) is 5.16. The van der Waals surface area contributed by atoms with Crippen LogP contribution in [0.15, 0.2) is 47.3 Å². The number of aromatic nitrogens is 4. The van der Waals surface area contributed by atoms with Crippen molar-refractivity contribution in [1.29, 1.82) is 0 Å². The number of nitrogens with one attached hydrogen (secondary N) is 3. The molecule has 2 aromatic carbocycles. The highest BCUT2D eigenvalue weighted by Gasteiger charge is 2.32. The first kappa shape index (κ1) is 25.7. The smallest absolute Gasteiger partial charge is 0.404 e. The number of hydrogen-bond acceptors (Lipinski definition) is 8. The predicted molar refractivity (Wildman–Crippen MR) is 128 cm³/mol. The van der Waals surface area contributed by atoms with Crippen LogP contribution in [0, 0.1) is 0 Å². The van der Waals surface area contributed by atoms with E-state index >= 15 is 0 Å². The third-order valence-electron chi connectivity index (χ3n) is 5.20. The Kier molecular flexibility index (Phi) is 8.62. The number of benzene rings is 2. The molecule has 13 heteroatoms. The van der Waals surface area contributed by atoms with Gasteiger partial charge in [-0.25, -0.2) is 0 Å². The minimum atomic E-state index is -4.77. The number of H-pyrrole nitrogens is 1. The normalized spacial score (nSPS) is 11.8. The number of anilines is 1. The van der Waals surface area contributed by atoms with Crippen molar-refractivity contribution in [2.45, 2.75) is 25.7 Å². The molecule has 4 rings (SSSR count). The number of hydrogen-bond donors (Lipinski definition) is 3. The highest BCUT2D eigenvalue weighted by atomic mass is 35.5. The standard InChI is InChI=1S/C23H24ClF3N6O3/c24-18-9-15(3-4-21(18)36-23(25,26)27)12-28-5-1-2-7-34-8-6-29-19-10-16(17-13-30-35-14-17)11-20-22(19)32-33-31-20/h3-4,9-11,13-14,28-29H,1-2,5-8,12H2,(H,31,32,33). The minimum absolute atomic E-state index is 0.0804. The molecule has 0 amide bonds. The van der Waals surface area contributed by atoms with Crippen LogP contribution in [-0.2, 0) is 11.3 Å². The Balaban J connectivity index is 1.10. The zero-order chi connectivity index (χ0) is 25.4. The highest BCUT2D eigenvalue weighted by Crippen LogP contribution is 2.31. The van der Waals surface area contributed by atoms with Crippen LogP contribution in [-0.4, -0.2) is 53.2 Å². The van der Waals surface area contributed by atoms with Crippen molar-refractivity contribution >= 4 is 28.3 Å². The van der Waals surface area contributed by atoms with Crippen LogP contribution in [0.2, 0.25) is 5.02 Å². The van der Waals surface area contributed by atoms with E-state index in [1.807, 2.05) is 12.1 Å². The van der Waals surface area contributed by atoms with E-state index in [0.717, 1.165) is 52.8 Å². The van der Waals surface area contributed by atoms with Gasteiger partial charge in [0.2, 0.25) is 0 Å². The topological polar surface area (TPSA) is 110 Å². The summed E-state index contributed by atoms with van der Waals surface area (Å²) < 4.78 is 51.4. The Labute approximate surface area is 209 Å². The Morgan fingerprint density at radius 3 is 2.72 bits per heavy atom. The Morgan fingerprint density at radius 2 is 1.94 bits per heavy atom. The molecule has 0 spiro atoms. The lowest BCUT2D eigenvalue weighted by atomic mass is 10.1. The van der Waals surface area contributed by atoms with E-state index in [9.17, 15) is 13.2 Å². The largest absolute Gasteiger partial charge is 0.573 e. The van der Waals surface area contributed by atoms with E-state index in [2.05, 4.69) is 35.9 Å². The van der Waals surface area contributed by atoms with Gasteiger partial charge in [-0.2, -0.15) is 0 Å². The molecule has 0 aliphatic rings. The molecule has 4 aromatic rings. The number of unbranched alkanes of at least 4 members (excludes halogenated alkanes) is 1. The van der Waals surface area contributed by atoms with E-state index in [1.165, 1.54) is 12.1 Å². The van der Waals surface area contributed by atoms with Gasteiger partial charge >= 0.3 is 6.36 Å². The fraction of sp³-hybridized carbons (Fsp3) is 0.348. The lowest BCUT2D eigenvalue weighted by molar-refractivity contribution is -0.274. The van der Waals surface area contributed by atoms with Gasteiger partial charge in [0.15, 0.2) is 0 Å². The van der Waals surface area contributed by atoms with Crippen LogP contribution < -0.4 is 15.4 Å². The maximum absolute atomic E-state index is 12.3. The molecule has 3 N–H and O–H groups in total. The van der Waals surface area contributed by atoms with Gasteiger partial charge in [-0.15, -0.1) is 18.3 Å². The van der Waals surface area contributed by atoms with Gasteiger partial charge in [0, 0.05) is 25.3 Å². The molecule has 0 unspecified atom stereocenters. The van der Waals surface area contributed by atoms with Crippen LogP contribution in [0.4, 0.5) is 18.9 Å². The monoisotopic (exact) mass is 524 g/mol. The van der Waals surface area contributed by atoms with Gasteiger partial charge in [-0.1, -0.05) is 28.0 Å². The highest BCUT2D eigenvalue weighted by molar-refractivity contribution is 6.32. The van der Waals surface area contributed by atoms with Crippen molar-refractivity contribution in [2.75, 3.05) is 31.6 Å². The number of alkyl halides is 3. The van der Waals surface area contributed by atoms with Crippen LogP contribution >= 0.6 is 11.6 Å². The van der Waals surface area contributed by atoms with Crippen LogP contribution in [0.3, 0.4) is 0 Å². The zero-order valence-corrected chi connectivity index (χ0v) is 19.8. The van der Waals surface area contributed by atoms with Gasteiger partial charge in [0.1, 0.15) is 17.5 Å². The number of nitrogens with zero attached hydrogens (tertiary/aromatic N) is 3. The average Bonchev–Trinajstić information content (AvgIpc) is 3.53. The molecule has 0 atom stereocenters. The molecular weight excluding hydrogens is 501 g/mol. The quantitative estimate of drug-likeness (QED) is 0.206. The molecule has 192 valence electrons. The van der Waals surface area contributed by atoms with Crippen LogP contribution in [0.25, 0.3) is 22.2 Å². The van der Waals surface area contributed by atoms with Gasteiger partial charge in [-0.05, 0) is 54.8 Å². The fourth-order valence-corrected chi connectivity index (χ4v) is 3.76. The molecule has 0 aliphatic heterocycles. The molecule has 2 heterocycles. The molecular formula is C23H24ClF3N6O3. The average molecular weight is 525 g/mol. The maximum atomic E-state index is 12.3. The van der Waals surface area contributed by atoms with Crippen LogP contribution in [0.1, 0.15) is 18.4 Å². The van der Waals surface area contributed by atoms with Crippen molar-refractivity contribution in [1.82, 2.24) is 25.9 Å². The minimum Gasteiger partial charge on any atom is -0.404 e. The molecule has 0 fully saturated rings. The summed E-state index contributed by atoms with van der Waals surface area (Å²) in [5.41, 5.74) is 4.94. The van der Waals surface area contributed by atoms with Gasteiger partial charge in [-0.3, -0.25) is 5.10 Å². The van der Waals surface area contributed by atoms with E-state index in [1.54, 1.807) is 18.5 Å². The van der Waals surface area contributed by atoms with Crippen molar-refractivity contribution < 1.29 is 27.2 Å². The van der Waals surface area contributed by atoms with E-state index < -0.39 is 12.1 Å². The van der Waals surface area contributed by atoms with Crippen molar-refractivity contribution in [3.05, 3.63) is 53.4 Å². The SMILES string of the molecule is FC(F)(F)Oc1ccc(CNCCCCOCCNc2cc(-c3cnoc3)cc3[nH]nnc23)cc1Cl. The summed E-state index contributed by atoms with van der Waals surface area (Å²) in [4.78, 5) is 0. The summed E-state index contributed by atoms with van der Waals surface area (Å²) in [6.07, 6.45) is 0.199. The Morgan fingerprint density at radius 1 is 1.06 bits per heavy atom. The van der Waals surface area contributed by atoms with Crippen molar-refractivity contribution in [2.24, 2.45) is 0 Å². The molecule has 36 heavy (non-hydrogen) atoms. The van der Waals surface area contributed by atoms with Crippen molar-refractivity contribution in [3.8, 4) is 16.9 Å². The number of aromatic amines is 1. The van der Waals surface area contributed by atoms with Crippen LogP contribution in [0.5, 0.6) is 5.75 Å². The summed E-state index contributed by atoms with van der Waals surface area (Å²) in [5.74, 6) is -0.409. The molecule has 9 nitrogen and oxygen atoms in total. The maximum Gasteiger partial charge on any atom is 0.573 e. The molecule has 0 radical (unpaired) electrons. The Hall–Kier alpha value is -3.35. The van der Waals surface area contributed by atoms with Gasteiger partial charge < -0.3 is 24.6 Å². The van der Waals surface area contributed by atoms with Gasteiger partial charge in [0.05, 0.1) is 29.0 Å². The number of rotatable bonds is 13. The van der Waals surface area contributed by atoms with Gasteiger partial charge in [0.25, 0.3) is 0 Å². The van der Waals surface area contributed by atoms with E-state index in [4.69, 9.17) is 20.9 Å². The lowest BCUT2D eigenvalue weighted by Gasteiger charge is -2.12. The molecule has 0 saturated heterocycles. The third kappa shape index (κ3) is 7.33. The molecule has 0 bridgehead atoms. The lowest BCUT2D eigenvalue weighted by Crippen LogP contribution is -2.18. The first-order chi connectivity index (χ1) is 17.4. The third-order valence-corrected chi connectivity index (χ3v) is 5.50. The molecule has 2 aromatic heterocycles. The second kappa shape index (κ2) is 12.1. The summed E-state index contributed by atoms with van der Waals surface area (Å²) >= 11 is 5.86. The fourth-order valence-electron chi connectivity index (χ4n) is 3.51. The number of halogens is 4. The molecule has 0 saturated carbocycles. The zero-order valence-electron chi connectivity index (χ0n) is 19.1. The van der Waals surface area contributed by atoms with Crippen molar-refractivity contribution in [3.63, 3.8) is 0 Å². The Bertz CT molecular complexity index is 1250.